The molecular formula is C34H74NP. The van der Waals surface area contributed by atoms with E-state index in [4.69, 9.17) is 0 Å². The molecule has 1 rings (SSSR count). The quantitative estimate of drug-likeness (QED) is 0.213. The van der Waals surface area contributed by atoms with Gasteiger partial charge in [0.2, 0.25) is 0 Å². The first-order chi connectivity index (χ1) is 17.0. The molecule has 0 aliphatic heterocycles. The molecule has 2 atom stereocenters. The molecule has 2 unspecified atom stereocenters. The summed E-state index contributed by atoms with van der Waals surface area (Å²) in [7, 11) is 4.71. The van der Waals surface area contributed by atoms with Crippen molar-refractivity contribution in [1.29, 1.82) is 0 Å². The lowest BCUT2D eigenvalue weighted by molar-refractivity contribution is 0.420. The van der Waals surface area contributed by atoms with Crippen molar-refractivity contribution >= 4 is 9.24 Å². The zero-order valence-corrected chi connectivity index (χ0v) is 29.0. The molecule has 1 saturated carbocycles. The normalized spacial score (nSPS) is 13.3. The van der Waals surface area contributed by atoms with Crippen molar-refractivity contribution in [2.75, 3.05) is 19.8 Å². The monoisotopic (exact) mass is 528 g/mol. The maximum atomic E-state index is 3.57. The lowest BCUT2D eigenvalue weighted by Gasteiger charge is -2.16. The molecule has 0 amide bonds. The van der Waals surface area contributed by atoms with Crippen molar-refractivity contribution in [3.63, 3.8) is 0 Å². The maximum absolute atomic E-state index is 3.57. The third kappa shape index (κ3) is 64.1. The average Bonchev–Trinajstić information content (AvgIpc) is 2.85. The smallest absolute Gasteiger partial charge is 0.0140 e. The molecule has 1 fully saturated rings. The first-order valence-electron chi connectivity index (χ1n) is 15.4. The van der Waals surface area contributed by atoms with E-state index in [2.05, 4.69) is 108 Å². The third-order valence-electron chi connectivity index (χ3n) is 5.03. The van der Waals surface area contributed by atoms with Gasteiger partial charge in [-0.1, -0.05) is 140 Å². The van der Waals surface area contributed by atoms with E-state index in [1.807, 2.05) is 26.8 Å². The van der Waals surface area contributed by atoms with Crippen LogP contribution in [0.5, 0.6) is 0 Å². The number of nitrogens with zero attached hydrogens (tertiary/aromatic N) is 1. The molecule has 0 heterocycles. The molecule has 1 aliphatic rings. The van der Waals surface area contributed by atoms with Gasteiger partial charge in [0.25, 0.3) is 0 Å². The van der Waals surface area contributed by atoms with Gasteiger partial charge in [-0.25, -0.2) is 0 Å². The Morgan fingerprint density at radius 3 is 1.69 bits per heavy atom. The highest BCUT2D eigenvalue weighted by molar-refractivity contribution is 7.16. The van der Waals surface area contributed by atoms with Gasteiger partial charge in [-0.2, -0.15) is 0 Å². The first kappa shape index (κ1) is 45.4. The Morgan fingerprint density at radius 2 is 1.42 bits per heavy atom. The lowest BCUT2D eigenvalue weighted by Crippen LogP contribution is -2.07. The Labute approximate surface area is 235 Å². The zero-order chi connectivity index (χ0) is 29.3. The van der Waals surface area contributed by atoms with Gasteiger partial charge in [0.15, 0.2) is 0 Å². The molecule has 1 aliphatic carbocycles. The van der Waals surface area contributed by atoms with Gasteiger partial charge >= 0.3 is 0 Å². The van der Waals surface area contributed by atoms with Crippen molar-refractivity contribution < 1.29 is 0 Å². The van der Waals surface area contributed by atoms with E-state index in [1.165, 1.54) is 76.8 Å². The molecule has 0 N–H and O–H groups in total. The molecule has 0 aromatic carbocycles. The minimum atomic E-state index is 0.500. The summed E-state index contributed by atoms with van der Waals surface area (Å²) in [6.07, 6.45) is 22.7. The molecule has 36 heavy (non-hydrogen) atoms. The van der Waals surface area contributed by atoms with E-state index in [0.29, 0.717) is 5.41 Å². The summed E-state index contributed by atoms with van der Waals surface area (Å²) in [4.78, 5) is 2.12. The highest BCUT2D eigenvalue weighted by atomic mass is 31.0. The zero-order valence-electron chi connectivity index (χ0n) is 27.8. The molecule has 1 nitrogen and oxygen atoms in total. The largest absolute Gasteiger partial charge is 0.381 e. The molecule has 0 saturated heterocycles. The maximum Gasteiger partial charge on any atom is 0.0140 e. The van der Waals surface area contributed by atoms with E-state index in [-0.39, 0.29) is 0 Å². The van der Waals surface area contributed by atoms with Crippen LogP contribution < -0.4 is 0 Å². The average molecular weight is 528 g/mol. The second-order valence-electron chi connectivity index (χ2n) is 11.1. The van der Waals surface area contributed by atoms with Crippen LogP contribution in [-0.4, -0.2) is 24.7 Å². The van der Waals surface area contributed by atoms with E-state index >= 15 is 0 Å². The molecule has 0 aromatic rings. The predicted octanol–water partition coefficient (Wildman–Crippen LogP) is 12.3. The van der Waals surface area contributed by atoms with Crippen LogP contribution in [0, 0.1) is 17.3 Å². The number of allylic oxidation sites excluding steroid dienone is 2. The van der Waals surface area contributed by atoms with Crippen molar-refractivity contribution in [1.82, 2.24) is 4.90 Å². The SMILES string of the molecule is C/C=C\N(C)CC.C=C=CC1CCCCC1.CC.CC(C)(C)C.CCCCC(C)CCC.CCCP. The summed E-state index contributed by atoms with van der Waals surface area (Å²) in [5.74, 6) is 1.77. The van der Waals surface area contributed by atoms with Crippen molar-refractivity contribution in [3.05, 3.63) is 30.7 Å². The van der Waals surface area contributed by atoms with E-state index in [1.54, 1.807) is 0 Å². The van der Waals surface area contributed by atoms with E-state index in [0.717, 1.165) is 18.4 Å². The van der Waals surface area contributed by atoms with Crippen LogP contribution in [-0.2, 0) is 0 Å². The summed E-state index contributed by atoms with van der Waals surface area (Å²) in [6.45, 7) is 30.6. The summed E-state index contributed by atoms with van der Waals surface area (Å²) < 4.78 is 0. The second kappa shape index (κ2) is 39.0. The number of hydrogen-bond donors (Lipinski definition) is 0. The molecule has 0 radical (unpaired) electrons. The number of hydrogen-bond acceptors (Lipinski definition) is 1. The molecule has 2 heteroatoms. The summed E-state index contributed by atoms with van der Waals surface area (Å²) in [6, 6.07) is 0. The van der Waals surface area contributed by atoms with Crippen LogP contribution in [0.3, 0.4) is 0 Å². The highest BCUT2D eigenvalue weighted by Crippen LogP contribution is 2.23. The first-order valence-corrected chi connectivity index (χ1v) is 16.2. The summed E-state index contributed by atoms with van der Waals surface area (Å²) in [5, 5.41) is 0. The van der Waals surface area contributed by atoms with E-state index in [9.17, 15) is 0 Å². The fourth-order valence-corrected chi connectivity index (χ4v) is 3.02. The van der Waals surface area contributed by atoms with Gasteiger partial charge < -0.3 is 4.90 Å². The Morgan fingerprint density at radius 1 is 0.944 bits per heavy atom. The molecular weight excluding hydrogens is 453 g/mol. The highest BCUT2D eigenvalue weighted by Gasteiger charge is 2.08. The van der Waals surface area contributed by atoms with Gasteiger partial charge in [0.1, 0.15) is 0 Å². The van der Waals surface area contributed by atoms with Crippen LogP contribution in [0.15, 0.2) is 30.7 Å². The van der Waals surface area contributed by atoms with Crippen LogP contribution in [0.4, 0.5) is 0 Å². The second-order valence-corrected chi connectivity index (χ2v) is 11.7. The fourth-order valence-electron chi connectivity index (χ4n) is 3.02. The van der Waals surface area contributed by atoms with E-state index < -0.39 is 0 Å². The van der Waals surface area contributed by atoms with Gasteiger partial charge in [0.05, 0.1) is 0 Å². The Kier molecular flexibility index (Phi) is 49.2. The lowest BCUT2D eigenvalue weighted by atomic mass is 9.89. The molecule has 0 spiro atoms. The number of unbranched alkanes of at least 4 members (excludes halogenated alkanes) is 1. The van der Waals surface area contributed by atoms with Crippen LogP contribution in [0.25, 0.3) is 0 Å². The van der Waals surface area contributed by atoms with Crippen LogP contribution in [0.1, 0.15) is 154 Å². The van der Waals surface area contributed by atoms with Crippen molar-refractivity contribution in [3.8, 4) is 0 Å². The Balaban J connectivity index is -0.000000113. The Hall–Kier alpha value is -0.510. The van der Waals surface area contributed by atoms with Gasteiger partial charge in [0, 0.05) is 13.6 Å². The fraction of sp³-hybridized carbons (Fsp3) is 0.853. The van der Waals surface area contributed by atoms with Crippen LogP contribution >= 0.6 is 9.24 Å². The minimum Gasteiger partial charge on any atom is -0.381 e. The summed E-state index contributed by atoms with van der Waals surface area (Å²) >= 11 is 0. The molecule has 220 valence electrons. The van der Waals surface area contributed by atoms with Crippen molar-refractivity contribution in [2.45, 2.75) is 154 Å². The minimum absolute atomic E-state index is 0.500. The Bertz CT molecular complexity index is 415. The topological polar surface area (TPSA) is 3.24 Å². The van der Waals surface area contributed by atoms with Gasteiger partial charge in [-0.05, 0) is 62.4 Å². The van der Waals surface area contributed by atoms with Gasteiger partial charge in [-0.3, -0.25) is 0 Å². The third-order valence-corrected chi connectivity index (χ3v) is 5.60. The standard InChI is InChI=1S/C9H14.C9H20.C6H13N.C5H12.C3H9P.C2H6/c1-2-6-9-7-4-3-5-8-9;1-4-6-8-9(3)7-5-2;1-4-6-7(3)5-2;1-5(2,3)4;1-2-3-4;1-2/h6,9H,1,3-5,7-8H2;9H,4-8H2,1-3H3;4,6H,5H2,1-3H3;1-4H3;2-4H2,1H3;1-2H3/b;;6-4-;;;. The predicted molar refractivity (Wildman–Crippen MR) is 178 cm³/mol. The van der Waals surface area contributed by atoms with Crippen LogP contribution in [0.2, 0.25) is 0 Å². The van der Waals surface area contributed by atoms with Crippen molar-refractivity contribution in [2.24, 2.45) is 17.3 Å². The molecule has 0 aromatic heterocycles. The van der Waals surface area contributed by atoms with Gasteiger partial charge in [-0.15, -0.1) is 15.0 Å². The molecule has 0 bridgehead atoms. The number of rotatable bonds is 9. The summed E-state index contributed by atoms with van der Waals surface area (Å²) in [5.41, 5.74) is 3.36.